The zero-order chi connectivity index (χ0) is 15.7. The standard InChI is InChI=1S/C17H19ClN2OS/c1-19(2)10-13(11-21)20-14-5-3-4-6-16(14)22-17-8-7-12(18)9-15(17)20/h3-9,13,21H,10-11H2,1-2H3. The summed E-state index contributed by atoms with van der Waals surface area (Å²) in [7, 11) is 4.04. The van der Waals surface area contributed by atoms with Crippen LogP contribution in [0.5, 0.6) is 0 Å². The molecule has 116 valence electrons. The van der Waals surface area contributed by atoms with Gasteiger partial charge in [-0.1, -0.05) is 35.5 Å². The summed E-state index contributed by atoms with van der Waals surface area (Å²) >= 11 is 7.96. The second kappa shape index (κ2) is 6.50. The lowest BCUT2D eigenvalue weighted by Gasteiger charge is -2.39. The van der Waals surface area contributed by atoms with E-state index in [1.165, 1.54) is 9.79 Å². The van der Waals surface area contributed by atoms with Crippen LogP contribution in [0.15, 0.2) is 52.3 Å². The van der Waals surface area contributed by atoms with Crippen LogP contribution in [0.4, 0.5) is 11.4 Å². The Morgan fingerprint density at radius 1 is 1.14 bits per heavy atom. The largest absolute Gasteiger partial charge is 0.394 e. The lowest BCUT2D eigenvalue weighted by Crippen LogP contribution is -2.43. The summed E-state index contributed by atoms with van der Waals surface area (Å²) < 4.78 is 0. The van der Waals surface area contributed by atoms with Gasteiger partial charge in [-0.25, -0.2) is 0 Å². The normalized spacial score (nSPS) is 14.7. The third-order valence-corrected chi connectivity index (χ3v) is 5.04. The quantitative estimate of drug-likeness (QED) is 0.918. The fourth-order valence-corrected chi connectivity index (χ4v) is 4.01. The maximum atomic E-state index is 9.94. The molecule has 1 aliphatic rings. The fraction of sp³-hybridized carbons (Fsp3) is 0.294. The predicted octanol–water partition coefficient (Wildman–Crippen LogP) is 3.87. The average Bonchev–Trinajstić information content (AvgIpc) is 2.50. The first-order valence-corrected chi connectivity index (χ1v) is 8.41. The van der Waals surface area contributed by atoms with Crippen molar-refractivity contribution in [1.82, 2.24) is 4.90 Å². The van der Waals surface area contributed by atoms with Gasteiger partial charge in [-0.05, 0) is 44.4 Å². The molecule has 0 spiro atoms. The number of hydrogen-bond donors (Lipinski definition) is 1. The number of benzene rings is 2. The van der Waals surface area contributed by atoms with Crippen molar-refractivity contribution in [3.05, 3.63) is 47.5 Å². The van der Waals surface area contributed by atoms with Crippen molar-refractivity contribution in [2.24, 2.45) is 0 Å². The molecule has 22 heavy (non-hydrogen) atoms. The van der Waals surface area contributed by atoms with Gasteiger partial charge in [-0.15, -0.1) is 0 Å². The van der Waals surface area contributed by atoms with Crippen LogP contribution in [0, 0.1) is 0 Å². The number of likely N-dealkylation sites (N-methyl/N-ethyl adjacent to an activating group) is 1. The van der Waals surface area contributed by atoms with Crippen LogP contribution in [-0.2, 0) is 0 Å². The Hall–Kier alpha value is -1.20. The molecule has 0 bridgehead atoms. The summed E-state index contributed by atoms with van der Waals surface area (Å²) in [4.78, 5) is 6.68. The average molecular weight is 335 g/mol. The van der Waals surface area contributed by atoms with Gasteiger partial charge in [0, 0.05) is 21.4 Å². The molecule has 0 saturated heterocycles. The molecule has 0 saturated carbocycles. The van der Waals surface area contributed by atoms with Crippen molar-refractivity contribution in [3.8, 4) is 0 Å². The van der Waals surface area contributed by atoms with Gasteiger partial charge in [-0.3, -0.25) is 0 Å². The number of nitrogens with zero attached hydrogens (tertiary/aromatic N) is 2. The lowest BCUT2D eigenvalue weighted by molar-refractivity contribution is 0.234. The summed E-state index contributed by atoms with van der Waals surface area (Å²) in [5.41, 5.74) is 2.19. The van der Waals surface area contributed by atoms with Crippen molar-refractivity contribution in [1.29, 1.82) is 0 Å². The van der Waals surface area contributed by atoms with E-state index in [0.29, 0.717) is 5.02 Å². The van der Waals surface area contributed by atoms with Gasteiger partial charge in [0.05, 0.1) is 24.0 Å². The van der Waals surface area contributed by atoms with Gasteiger partial charge in [-0.2, -0.15) is 0 Å². The molecule has 0 radical (unpaired) electrons. The summed E-state index contributed by atoms with van der Waals surface area (Å²) in [6.45, 7) is 0.852. The predicted molar refractivity (Wildman–Crippen MR) is 93.6 cm³/mol. The molecule has 5 heteroatoms. The Bertz CT molecular complexity index is 677. The first-order valence-electron chi connectivity index (χ1n) is 7.21. The van der Waals surface area contributed by atoms with Gasteiger partial charge in [0.25, 0.3) is 0 Å². The highest BCUT2D eigenvalue weighted by Crippen LogP contribution is 2.49. The first kappa shape index (κ1) is 15.7. The van der Waals surface area contributed by atoms with Crippen LogP contribution in [0.2, 0.25) is 5.02 Å². The van der Waals surface area contributed by atoms with Gasteiger partial charge in [0.2, 0.25) is 0 Å². The highest BCUT2D eigenvalue weighted by Gasteiger charge is 2.29. The van der Waals surface area contributed by atoms with E-state index < -0.39 is 0 Å². The number of fused-ring (bicyclic) bond motifs is 2. The van der Waals surface area contributed by atoms with Crippen LogP contribution in [0.25, 0.3) is 0 Å². The molecule has 1 N–H and O–H groups in total. The topological polar surface area (TPSA) is 26.7 Å². The molecular formula is C17H19ClN2OS. The molecule has 3 nitrogen and oxygen atoms in total. The molecule has 3 rings (SSSR count). The zero-order valence-electron chi connectivity index (χ0n) is 12.7. The van der Waals surface area contributed by atoms with Crippen LogP contribution in [-0.4, -0.2) is 43.3 Å². The van der Waals surface area contributed by atoms with Crippen LogP contribution >= 0.6 is 23.4 Å². The van der Waals surface area contributed by atoms with Gasteiger partial charge < -0.3 is 14.9 Å². The van der Waals surface area contributed by atoms with Crippen molar-refractivity contribution in [3.63, 3.8) is 0 Å². The van der Waals surface area contributed by atoms with Gasteiger partial charge in [0.15, 0.2) is 0 Å². The van der Waals surface area contributed by atoms with E-state index in [0.717, 1.165) is 17.9 Å². The summed E-state index contributed by atoms with van der Waals surface area (Å²) in [6, 6.07) is 14.2. The maximum absolute atomic E-state index is 9.94. The molecule has 0 amide bonds. The first-order chi connectivity index (χ1) is 10.6. The highest BCUT2D eigenvalue weighted by molar-refractivity contribution is 7.99. The van der Waals surface area contributed by atoms with Crippen LogP contribution in [0.1, 0.15) is 0 Å². The molecule has 1 unspecified atom stereocenters. The van der Waals surface area contributed by atoms with E-state index >= 15 is 0 Å². The minimum Gasteiger partial charge on any atom is -0.394 e. The molecule has 1 atom stereocenters. The van der Waals surface area contributed by atoms with Gasteiger partial charge in [0.1, 0.15) is 0 Å². The van der Waals surface area contributed by atoms with Crippen LogP contribution < -0.4 is 4.90 Å². The number of halogens is 1. The number of rotatable bonds is 4. The third kappa shape index (κ3) is 2.97. The Balaban J connectivity index is 2.12. The SMILES string of the molecule is CN(C)CC(CO)N1c2ccccc2Sc2ccc(Cl)cc21. The van der Waals surface area contributed by atoms with Crippen LogP contribution in [0.3, 0.4) is 0 Å². The van der Waals surface area contributed by atoms with E-state index in [2.05, 4.69) is 28.0 Å². The molecule has 0 fully saturated rings. The molecule has 0 aliphatic carbocycles. The second-order valence-electron chi connectivity index (χ2n) is 5.65. The monoisotopic (exact) mass is 334 g/mol. The molecule has 0 aromatic heterocycles. The Kier molecular flexibility index (Phi) is 4.64. The number of anilines is 2. The van der Waals surface area contributed by atoms with E-state index in [1.54, 1.807) is 11.8 Å². The molecule has 1 aliphatic heterocycles. The third-order valence-electron chi connectivity index (χ3n) is 3.68. The smallest absolute Gasteiger partial charge is 0.0700 e. The van der Waals surface area contributed by atoms with E-state index in [4.69, 9.17) is 11.6 Å². The van der Waals surface area contributed by atoms with Crippen molar-refractivity contribution >= 4 is 34.7 Å². The minimum atomic E-state index is -0.0192. The molecule has 2 aromatic carbocycles. The maximum Gasteiger partial charge on any atom is 0.0700 e. The van der Waals surface area contributed by atoms with Crippen molar-refractivity contribution < 1.29 is 5.11 Å². The lowest BCUT2D eigenvalue weighted by atomic mass is 10.1. The Morgan fingerprint density at radius 2 is 1.86 bits per heavy atom. The number of aliphatic hydroxyl groups excluding tert-OH is 1. The van der Waals surface area contributed by atoms with E-state index in [-0.39, 0.29) is 12.6 Å². The Labute approximate surface area is 140 Å². The summed E-state index contributed by atoms with van der Waals surface area (Å²) in [5, 5.41) is 10.7. The Morgan fingerprint density at radius 3 is 2.59 bits per heavy atom. The van der Waals surface area contributed by atoms with Crippen molar-refractivity contribution in [2.75, 3.05) is 32.1 Å². The summed E-state index contributed by atoms with van der Waals surface area (Å²) in [5.74, 6) is 0. The van der Waals surface area contributed by atoms with E-state index in [1.807, 2.05) is 38.4 Å². The second-order valence-corrected chi connectivity index (χ2v) is 7.17. The van der Waals surface area contributed by atoms with Crippen molar-refractivity contribution in [2.45, 2.75) is 15.8 Å². The molecule has 1 heterocycles. The fourth-order valence-electron chi connectivity index (χ4n) is 2.79. The van der Waals surface area contributed by atoms with E-state index in [9.17, 15) is 5.11 Å². The molecular weight excluding hydrogens is 316 g/mol. The van der Waals surface area contributed by atoms with Gasteiger partial charge >= 0.3 is 0 Å². The summed E-state index contributed by atoms with van der Waals surface area (Å²) in [6.07, 6.45) is 0. The number of aliphatic hydroxyl groups is 1. The zero-order valence-corrected chi connectivity index (χ0v) is 14.2. The molecule has 2 aromatic rings. The number of para-hydroxylation sites is 1. The number of hydrogen-bond acceptors (Lipinski definition) is 4. The minimum absolute atomic E-state index is 0.0192. The highest BCUT2D eigenvalue weighted by atomic mass is 35.5.